The number of ketones is 1. The van der Waals surface area contributed by atoms with Gasteiger partial charge in [-0.1, -0.05) is 24.8 Å². The normalized spacial score (nSPS) is 11.4. The van der Waals surface area contributed by atoms with Crippen LogP contribution in [-0.4, -0.2) is 20.7 Å². The van der Waals surface area contributed by atoms with Crippen molar-refractivity contribution in [2.75, 3.05) is 11.1 Å². The van der Waals surface area contributed by atoms with Gasteiger partial charge in [-0.2, -0.15) is 0 Å². The maximum Gasteiger partial charge on any atom is 0.227 e. The molecule has 3 rings (SSSR count). The molecule has 0 bridgehead atoms. The Labute approximate surface area is 168 Å². The molecule has 7 heteroatoms. The van der Waals surface area contributed by atoms with Crippen LogP contribution in [0, 0.1) is 0 Å². The quantitative estimate of drug-likeness (QED) is 0.246. The zero-order chi connectivity index (χ0) is 20.6. The Morgan fingerprint density at radius 3 is 2.76 bits per heavy atom. The zero-order valence-corrected chi connectivity index (χ0v) is 15.6. The van der Waals surface area contributed by atoms with Gasteiger partial charge in [-0.25, -0.2) is 9.97 Å². The highest BCUT2D eigenvalue weighted by Crippen LogP contribution is 2.25. The molecule has 0 aliphatic heterocycles. The van der Waals surface area contributed by atoms with Gasteiger partial charge in [0.2, 0.25) is 5.95 Å². The summed E-state index contributed by atoms with van der Waals surface area (Å²) >= 11 is 0. The molecule has 1 aromatic carbocycles. The average molecular weight is 384 g/mol. The number of allylic oxidation sites excluding steroid dienone is 4. The molecule has 7 nitrogen and oxygen atoms in total. The lowest BCUT2D eigenvalue weighted by Crippen LogP contribution is -2.08. The molecule has 3 aromatic rings. The molecule has 2 aromatic heterocycles. The number of hydrogen-bond acceptors (Lipinski definition) is 7. The predicted molar refractivity (Wildman–Crippen MR) is 115 cm³/mol. The van der Waals surface area contributed by atoms with Gasteiger partial charge in [0.15, 0.2) is 5.78 Å². The molecule has 5 N–H and O–H groups in total. The summed E-state index contributed by atoms with van der Waals surface area (Å²) in [6.07, 6.45) is 11.0. The van der Waals surface area contributed by atoms with Crippen molar-refractivity contribution in [3.63, 3.8) is 0 Å². The van der Waals surface area contributed by atoms with E-state index < -0.39 is 0 Å². The van der Waals surface area contributed by atoms with Gasteiger partial charge in [-0.15, -0.1) is 0 Å². The molecule has 0 fully saturated rings. The SMILES string of the molecule is C=C/C=C\C(=C/N)C(=O)c1cc(-c2ccnc(Nc3cccnc3)n2)ccc1N. The van der Waals surface area contributed by atoms with E-state index in [2.05, 4.69) is 26.8 Å². The van der Waals surface area contributed by atoms with Crippen LogP contribution in [0.3, 0.4) is 0 Å². The molecular formula is C22H20N6O. The van der Waals surface area contributed by atoms with Crippen LogP contribution in [0.4, 0.5) is 17.3 Å². The van der Waals surface area contributed by atoms with E-state index in [4.69, 9.17) is 11.5 Å². The summed E-state index contributed by atoms with van der Waals surface area (Å²) in [5, 5.41) is 3.09. The second-order valence-electron chi connectivity index (χ2n) is 5.98. The lowest BCUT2D eigenvalue weighted by atomic mass is 9.98. The van der Waals surface area contributed by atoms with Crippen molar-refractivity contribution in [2.45, 2.75) is 0 Å². The number of Topliss-reactive ketones (excluding diaryl/α,β-unsaturated/α-hetero) is 1. The van der Waals surface area contributed by atoms with Gasteiger partial charge in [0.25, 0.3) is 0 Å². The Kier molecular flexibility index (Phi) is 6.12. The van der Waals surface area contributed by atoms with Crippen molar-refractivity contribution in [3.05, 3.63) is 97.1 Å². The summed E-state index contributed by atoms with van der Waals surface area (Å²) in [6, 6.07) is 10.6. The third-order valence-corrected chi connectivity index (χ3v) is 4.02. The number of carbonyl (C=O) groups excluding carboxylic acids is 1. The van der Waals surface area contributed by atoms with E-state index in [1.807, 2.05) is 12.1 Å². The minimum atomic E-state index is -0.285. The predicted octanol–water partition coefficient (Wildman–Crippen LogP) is 3.63. The van der Waals surface area contributed by atoms with E-state index in [-0.39, 0.29) is 5.78 Å². The molecule has 0 radical (unpaired) electrons. The van der Waals surface area contributed by atoms with Crippen LogP contribution in [0.2, 0.25) is 0 Å². The van der Waals surface area contributed by atoms with E-state index in [0.717, 1.165) is 11.3 Å². The molecule has 0 atom stereocenters. The van der Waals surface area contributed by atoms with Crippen LogP contribution in [0.1, 0.15) is 10.4 Å². The summed E-state index contributed by atoms with van der Waals surface area (Å²) < 4.78 is 0. The van der Waals surface area contributed by atoms with Crippen LogP contribution in [-0.2, 0) is 0 Å². The second kappa shape index (κ2) is 9.09. The van der Waals surface area contributed by atoms with E-state index in [1.165, 1.54) is 6.20 Å². The molecule has 29 heavy (non-hydrogen) atoms. The van der Waals surface area contributed by atoms with Crippen LogP contribution in [0.25, 0.3) is 11.3 Å². The molecule has 2 heterocycles. The number of nitrogens with two attached hydrogens (primary N) is 2. The van der Waals surface area contributed by atoms with Gasteiger partial charge >= 0.3 is 0 Å². The Morgan fingerprint density at radius 2 is 2.03 bits per heavy atom. The minimum absolute atomic E-state index is 0.285. The molecular weight excluding hydrogens is 364 g/mol. The number of carbonyl (C=O) groups is 1. The standard InChI is InChI=1S/C22H20N6O/c1-2-3-5-16(13-23)21(29)18-12-15(7-8-19(18)24)20-9-11-26-22(28-20)27-17-6-4-10-25-14-17/h2-14H,1,23-24H2,(H,26,27,28)/b5-3-,16-13+. The molecule has 0 aliphatic rings. The van der Waals surface area contributed by atoms with Gasteiger partial charge in [0.1, 0.15) is 0 Å². The van der Waals surface area contributed by atoms with Crippen LogP contribution in [0.5, 0.6) is 0 Å². The highest BCUT2D eigenvalue weighted by atomic mass is 16.1. The topological polar surface area (TPSA) is 120 Å². The number of rotatable bonds is 7. The van der Waals surface area contributed by atoms with Crippen molar-refractivity contribution < 1.29 is 4.79 Å². The Bertz CT molecular complexity index is 1090. The molecule has 144 valence electrons. The third kappa shape index (κ3) is 4.72. The number of pyridine rings is 1. The first-order valence-corrected chi connectivity index (χ1v) is 8.78. The van der Waals surface area contributed by atoms with Crippen molar-refractivity contribution in [1.29, 1.82) is 0 Å². The Balaban J connectivity index is 1.93. The molecule has 0 spiro atoms. The van der Waals surface area contributed by atoms with E-state index >= 15 is 0 Å². The third-order valence-electron chi connectivity index (χ3n) is 4.02. The fourth-order valence-electron chi connectivity index (χ4n) is 2.59. The van der Waals surface area contributed by atoms with Crippen molar-refractivity contribution in [2.24, 2.45) is 5.73 Å². The van der Waals surface area contributed by atoms with E-state index in [0.29, 0.717) is 28.5 Å². The van der Waals surface area contributed by atoms with Gasteiger partial charge in [0.05, 0.1) is 17.6 Å². The lowest BCUT2D eigenvalue weighted by Gasteiger charge is -2.10. The fraction of sp³-hybridized carbons (Fsp3) is 0. The second-order valence-corrected chi connectivity index (χ2v) is 5.98. The largest absolute Gasteiger partial charge is 0.404 e. The van der Waals surface area contributed by atoms with Crippen molar-refractivity contribution in [1.82, 2.24) is 15.0 Å². The van der Waals surface area contributed by atoms with Gasteiger partial charge in [-0.3, -0.25) is 9.78 Å². The first-order valence-electron chi connectivity index (χ1n) is 8.78. The minimum Gasteiger partial charge on any atom is -0.404 e. The average Bonchev–Trinajstić information content (AvgIpc) is 2.75. The maximum atomic E-state index is 12.8. The molecule has 0 unspecified atom stereocenters. The Morgan fingerprint density at radius 1 is 1.17 bits per heavy atom. The molecule has 0 saturated heterocycles. The first kappa shape index (κ1) is 19.5. The first-order chi connectivity index (χ1) is 14.1. The van der Waals surface area contributed by atoms with Gasteiger partial charge in [0, 0.05) is 41.0 Å². The summed E-state index contributed by atoms with van der Waals surface area (Å²) in [7, 11) is 0. The highest BCUT2D eigenvalue weighted by Gasteiger charge is 2.15. The lowest BCUT2D eigenvalue weighted by molar-refractivity contribution is 0.103. The van der Waals surface area contributed by atoms with E-state index in [1.54, 1.807) is 61.1 Å². The van der Waals surface area contributed by atoms with Crippen LogP contribution >= 0.6 is 0 Å². The molecule has 0 aliphatic carbocycles. The number of nitrogen functional groups attached to an aromatic ring is 1. The smallest absolute Gasteiger partial charge is 0.227 e. The zero-order valence-electron chi connectivity index (χ0n) is 15.6. The number of nitrogens with zero attached hydrogens (tertiary/aromatic N) is 3. The van der Waals surface area contributed by atoms with Crippen LogP contribution < -0.4 is 16.8 Å². The van der Waals surface area contributed by atoms with Crippen molar-refractivity contribution in [3.8, 4) is 11.3 Å². The number of benzene rings is 1. The van der Waals surface area contributed by atoms with Gasteiger partial charge < -0.3 is 16.8 Å². The summed E-state index contributed by atoms with van der Waals surface area (Å²) in [4.78, 5) is 25.6. The van der Waals surface area contributed by atoms with Gasteiger partial charge in [-0.05, 0) is 36.4 Å². The summed E-state index contributed by atoms with van der Waals surface area (Å²) in [6.45, 7) is 3.59. The monoisotopic (exact) mass is 384 g/mol. The number of anilines is 3. The maximum absolute atomic E-state index is 12.8. The fourth-order valence-corrected chi connectivity index (χ4v) is 2.59. The number of hydrogen-bond donors (Lipinski definition) is 3. The molecule has 0 amide bonds. The highest BCUT2D eigenvalue weighted by molar-refractivity contribution is 6.14. The number of nitrogens with one attached hydrogen (secondary N) is 1. The Hall–Kier alpha value is -4.26. The number of aromatic nitrogens is 3. The van der Waals surface area contributed by atoms with Crippen molar-refractivity contribution >= 4 is 23.1 Å². The van der Waals surface area contributed by atoms with E-state index in [9.17, 15) is 4.79 Å². The van der Waals surface area contributed by atoms with Crippen LogP contribution in [0.15, 0.2) is 91.6 Å². The molecule has 0 saturated carbocycles. The summed E-state index contributed by atoms with van der Waals surface area (Å²) in [5.74, 6) is 0.129. The summed E-state index contributed by atoms with van der Waals surface area (Å²) in [5.41, 5.74) is 14.8.